The molecule has 0 bridgehead atoms. The van der Waals surface area contributed by atoms with Crippen molar-refractivity contribution in [1.29, 1.82) is 5.26 Å². The molecule has 0 fully saturated rings. The molecule has 0 radical (unpaired) electrons. The Kier molecular flexibility index (Phi) is 8.04. The predicted octanol–water partition coefficient (Wildman–Crippen LogP) is 4.00. The fraction of sp³-hybridized carbons (Fsp3) is 0.611. The number of nitriles is 1. The minimum atomic E-state index is -0.764. The number of unbranched alkanes of at least 4 members (excludes halogenated alkanes) is 3. The summed E-state index contributed by atoms with van der Waals surface area (Å²) in [7, 11) is 0. The second-order valence-corrected chi connectivity index (χ2v) is 5.80. The highest BCUT2D eigenvalue weighted by Crippen LogP contribution is 2.22. The topological polar surface area (TPSA) is 45.0 Å². The van der Waals surface area contributed by atoms with Crippen molar-refractivity contribution in [1.82, 2.24) is 5.32 Å². The van der Waals surface area contributed by atoms with Gasteiger partial charge in [-0.1, -0.05) is 56.5 Å². The summed E-state index contributed by atoms with van der Waals surface area (Å²) in [6.45, 7) is 7.41. The van der Waals surface area contributed by atoms with Crippen LogP contribution in [0.1, 0.15) is 52.0 Å². The standard InChI is InChI=1S/C18H28N2O/c1-4-5-6-10-13-21-15-18(14-19,20-16(2)3)17-11-8-7-9-12-17/h7-9,11-12,16,20H,4-6,10,13,15H2,1-3H3. The van der Waals surface area contributed by atoms with Crippen LogP contribution in [-0.4, -0.2) is 19.3 Å². The zero-order valence-electron chi connectivity index (χ0n) is 13.6. The summed E-state index contributed by atoms with van der Waals surface area (Å²) in [5.41, 5.74) is 0.204. The number of ether oxygens (including phenoxy) is 1. The first-order chi connectivity index (χ1) is 10.1. The Bertz CT molecular complexity index is 425. The van der Waals surface area contributed by atoms with Gasteiger partial charge in [-0.3, -0.25) is 5.32 Å². The second-order valence-electron chi connectivity index (χ2n) is 5.80. The van der Waals surface area contributed by atoms with Gasteiger partial charge in [-0.05, 0) is 25.8 Å². The molecule has 116 valence electrons. The average molecular weight is 288 g/mol. The SMILES string of the molecule is CCCCCCOCC(C#N)(NC(C)C)c1ccccc1. The Morgan fingerprint density at radius 1 is 1.19 bits per heavy atom. The predicted molar refractivity (Wildman–Crippen MR) is 87.0 cm³/mol. The lowest BCUT2D eigenvalue weighted by Crippen LogP contribution is -2.48. The maximum absolute atomic E-state index is 9.73. The Labute approximate surface area is 129 Å². The number of rotatable bonds is 10. The molecular weight excluding hydrogens is 260 g/mol. The Morgan fingerprint density at radius 3 is 2.48 bits per heavy atom. The molecule has 0 aliphatic heterocycles. The monoisotopic (exact) mass is 288 g/mol. The minimum absolute atomic E-state index is 0.216. The first kappa shape index (κ1) is 17.7. The molecule has 0 spiro atoms. The van der Waals surface area contributed by atoms with Gasteiger partial charge in [0.2, 0.25) is 0 Å². The Morgan fingerprint density at radius 2 is 1.90 bits per heavy atom. The maximum Gasteiger partial charge on any atom is 0.156 e. The van der Waals surface area contributed by atoms with Gasteiger partial charge in [0.05, 0.1) is 12.7 Å². The van der Waals surface area contributed by atoms with Gasteiger partial charge in [-0.25, -0.2) is 0 Å². The molecule has 1 aromatic carbocycles. The van der Waals surface area contributed by atoms with E-state index in [0.29, 0.717) is 6.61 Å². The third kappa shape index (κ3) is 5.87. The minimum Gasteiger partial charge on any atom is -0.378 e. The number of hydrogen-bond donors (Lipinski definition) is 1. The van der Waals surface area contributed by atoms with Gasteiger partial charge in [0, 0.05) is 12.6 Å². The molecule has 0 amide bonds. The molecular formula is C18H28N2O. The molecule has 0 saturated heterocycles. The first-order valence-electron chi connectivity index (χ1n) is 7.97. The molecule has 0 heterocycles. The fourth-order valence-electron chi connectivity index (χ4n) is 2.41. The average Bonchev–Trinajstić information content (AvgIpc) is 2.50. The van der Waals surface area contributed by atoms with Crippen LogP contribution < -0.4 is 5.32 Å². The molecule has 3 nitrogen and oxygen atoms in total. The number of hydrogen-bond acceptors (Lipinski definition) is 3. The van der Waals surface area contributed by atoms with Crippen LogP contribution in [0.4, 0.5) is 0 Å². The third-order valence-electron chi connectivity index (χ3n) is 3.45. The van der Waals surface area contributed by atoms with E-state index < -0.39 is 5.54 Å². The molecule has 3 heteroatoms. The highest BCUT2D eigenvalue weighted by Gasteiger charge is 2.33. The molecule has 1 aromatic rings. The highest BCUT2D eigenvalue weighted by molar-refractivity contribution is 5.31. The van der Waals surface area contributed by atoms with E-state index in [4.69, 9.17) is 4.74 Å². The Balaban J connectivity index is 2.67. The highest BCUT2D eigenvalue weighted by atomic mass is 16.5. The summed E-state index contributed by atoms with van der Waals surface area (Å²) in [4.78, 5) is 0. The zero-order valence-corrected chi connectivity index (χ0v) is 13.6. The van der Waals surface area contributed by atoms with Crippen LogP contribution >= 0.6 is 0 Å². The van der Waals surface area contributed by atoms with E-state index in [1.807, 2.05) is 30.3 Å². The summed E-state index contributed by atoms with van der Waals surface area (Å²) in [6.07, 6.45) is 4.72. The maximum atomic E-state index is 9.73. The molecule has 0 aromatic heterocycles. The fourth-order valence-corrected chi connectivity index (χ4v) is 2.41. The van der Waals surface area contributed by atoms with Crippen LogP contribution in [0.25, 0.3) is 0 Å². The lowest BCUT2D eigenvalue weighted by Gasteiger charge is -2.30. The van der Waals surface area contributed by atoms with E-state index >= 15 is 0 Å². The van der Waals surface area contributed by atoms with Gasteiger partial charge in [0.25, 0.3) is 0 Å². The van der Waals surface area contributed by atoms with Crippen LogP contribution in [0.5, 0.6) is 0 Å². The van der Waals surface area contributed by atoms with E-state index in [1.54, 1.807) is 0 Å². The van der Waals surface area contributed by atoms with Crippen molar-refractivity contribution in [3.63, 3.8) is 0 Å². The number of nitrogens with one attached hydrogen (secondary N) is 1. The molecule has 1 rings (SSSR count). The lowest BCUT2D eigenvalue weighted by molar-refractivity contribution is 0.0822. The van der Waals surface area contributed by atoms with Gasteiger partial charge >= 0.3 is 0 Å². The summed E-state index contributed by atoms with van der Waals surface area (Å²) < 4.78 is 5.81. The van der Waals surface area contributed by atoms with Crippen LogP contribution in [-0.2, 0) is 10.3 Å². The van der Waals surface area contributed by atoms with E-state index in [1.165, 1.54) is 19.3 Å². The van der Waals surface area contributed by atoms with Crippen molar-refractivity contribution < 1.29 is 4.74 Å². The summed E-state index contributed by atoms with van der Waals surface area (Å²) in [5, 5.41) is 13.1. The third-order valence-corrected chi connectivity index (χ3v) is 3.45. The normalized spacial score (nSPS) is 13.9. The van der Waals surface area contributed by atoms with E-state index in [9.17, 15) is 5.26 Å². The van der Waals surface area contributed by atoms with Crippen LogP contribution in [0.2, 0.25) is 0 Å². The van der Waals surface area contributed by atoms with Crippen molar-refractivity contribution >= 4 is 0 Å². The number of benzene rings is 1. The van der Waals surface area contributed by atoms with E-state index in [0.717, 1.165) is 18.6 Å². The molecule has 1 atom stereocenters. The first-order valence-corrected chi connectivity index (χ1v) is 7.97. The van der Waals surface area contributed by atoms with E-state index in [-0.39, 0.29) is 6.04 Å². The van der Waals surface area contributed by atoms with Crippen molar-refractivity contribution in [2.75, 3.05) is 13.2 Å². The zero-order chi connectivity index (χ0) is 15.6. The van der Waals surface area contributed by atoms with Gasteiger partial charge in [-0.15, -0.1) is 0 Å². The summed E-state index contributed by atoms with van der Waals surface area (Å²) in [6, 6.07) is 12.5. The van der Waals surface area contributed by atoms with Crippen molar-refractivity contribution in [3.8, 4) is 6.07 Å². The molecule has 0 saturated carbocycles. The second kappa shape index (κ2) is 9.55. The van der Waals surface area contributed by atoms with Crippen LogP contribution in [0, 0.1) is 11.3 Å². The lowest BCUT2D eigenvalue weighted by atomic mass is 9.91. The molecule has 1 unspecified atom stereocenters. The molecule has 0 aliphatic rings. The molecule has 1 N–H and O–H groups in total. The largest absolute Gasteiger partial charge is 0.378 e. The van der Waals surface area contributed by atoms with Crippen molar-refractivity contribution in [2.45, 2.75) is 58.0 Å². The Hall–Kier alpha value is -1.37. The summed E-state index contributed by atoms with van der Waals surface area (Å²) in [5.74, 6) is 0. The van der Waals surface area contributed by atoms with Gasteiger partial charge in [0.1, 0.15) is 0 Å². The van der Waals surface area contributed by atoms with Crippen LogP contribution in [0.3, 0.4) is 0 Å². The quantitative estimate of drug-likeness (QED) is 0.662. The summed E-state index contributed by atoms with van der Waals surface area (Å²) >= 11 is 0. The smallest absolute Gasteiger partial charge is 0.156 e. The molecule has 21 heavy (non-hydrogen) atoms. The van der Waals surface area contributed by atoms with Gasteiger partial charge in [-0.2, -0.15) is 5.26 Å². The molecule has 0 aliphatic carbocycles. The van der Waals surface area contributed by atoms with Crippen molar-refractivity contribution in [3.05, 3.63) is 35.9 Å². The van der Waals surface area contributed by atoms with Crippen LogP contribution in [0.15, 0.2) is 30.3 Å². The van der Waals surface area contributed by atoms with E-state index in [2.05, 4.69) is 32.2 Å². The van der Waals surface area contributed by atoms with Gasteiger partial charge in [0.15, 0.2) is 5.54 Å². The number of nitrogens with zero attached hydrogens (tertiary/aromatic N) is 1. The van der Waals surface area contributed by atoms with Crippen molar-refractivity contribution in [2.24, 2.45) is 0 Å². The van der Waals surface area contributed by atoms with Gasteiger partial charge < -0.3 is 4.74 Å².